The number of rotatable bonds is 1. The summed E-state index contributed by atoms with van der Waals surface area (Å²) >= 11 is 0. The first-order valence-electron chi connectivity index (χ1n) is 6.62. The molecule has 4 nitrogen and oxygen atoms in total. The highest BCUT2D eigenvalue weighted by molar-refractivity contribution is 5.40. The number of aryl methyl sites for hydroxylation is 1. The third-order valence-corrected chi connectivity index (χ3v) is 3.59. The fraction of sp³-hybridized carbons (Fsp3) is 0.333. The number of nitrogens with one attached hydrogen (secondary N) is 1. The highest BCUT2D eigenvalue weighted by Gasteiger charge is 2.15. The molecule has 2 heterocycles. The van der Waals surface area contributed by atoms with Crippen molar-refractivity contribution in [2.45, 2.75) is 19.8 Å². The Morgan fingerprint density at radius 2 is 1.79 bits per heavy atom. The summed E-state index contributed by atoms with van der Waals surface area (Å²) in [6.07, 6.45) is 2.01. The normalized spacial score (nSPS) is 14.9. The van der Waals surface area contributed by atoms with Gasteiger partial charge >= 0.3 is 0 Å². The molecule has 4 heteroatoms. The zero-order valence-corrected chi connectivity index (χ0v) is 11.0. The predicted octanol–water partition coefficient (Wildman–Crippen LogP) is 1.68. The average Bonchev–Trinajstić information content (AvgIpc) is 2.60. The second-order valence-electron chi connectivity index (χ2n) is 4.94. The second-order valence-corrected chi connectivity index (χ2v) is 4.94. The Morgan fingerprint density at radius 3 is 2.37 bits per heavy atom. The Morgan fingerprint density at radius 1 is 1.16 bits per heavy atom. The summed E-state index contributed by atoms with van der Waals surface area (Å²) in [6, 6.07) is 10.1. The van der Waals surface area contributed by atoms with E-state index in [1.807, 2.05) is 6.92 Å². The van der Waals surface area contributed by atoms with Crippen molar-refractivity contribution < 1.29 is 0 Å². The van der Waals surface area contributed by atoms with Crippen molar-refractivity contribution in [3.05, 3.63) is 57.6 Å². The Bertz CT molecular complexity index is 621. The SMILES string of the molecule is Cc1nc(N2CCc3ccccc3CC2)cc(=O)[nH]1. The molecular weight excluding hydrogens is 238 g/mol. The van der Waals surface area contributed by atoms with Gasteiger partial charge in [0.2, 0.25) is 0 Å². The molecule has 0 bridgehead atoms. The summed E-state index contributed by atoms with van der Waals surface area (Å²) < 4.78 is 0. The van der Waals surface area contributed by atoms with Crippen molar-refractivity contribution in [1.82, 2.24) is 9.97 Å². The number of fused-ring (bicyclic) bond motifs is 1. The largest absolute Gasteiger partial charge is 0.356 e. The van der Waals surface area contributed by atoms with Crippen LogP contribution in [0.5, 0.6) is 0 Å². The predicted molar refractivity (Wildman–Crippen MR) is 75.7 cm³/mol. The quantitative estimate of drug-likeness (QED) is 0.843. The van der Waals surface area contributed by atoms with Gasteiger partial charge < -0.3 is 9.88 Å². The lowest BCUT2D eigenvalue weighted by atomic mass is 10.0. The number of nitrogens with zero attached hydrogens (tertiary/aromatic N) is 2. The van der Waals surface area contributed by atoms with E-state index >= 15 is 0 Å². The number of benzene rings is 1. The average molecular weight is 255 g/mol. The molecule has 2 aromatic rings. The van der Waals surface area contributed by atoms with Gasteiger partial charge in [-0.1, -0.05) is 24.3 Å². The molecule has 1 aliphatic rings. The number of hydrogen-bond acceptors (Lipinski definition) is 3. The molecule has 19 heavy (non-hydrogen) atoms. The van der Waals surface area contributed by atoms with Crippen LogP contribution >= 0.6 is 0 Å². The highest BCUT2D eigenvalue weighted by Crippen LogP contribution is 2.18. The lowest BCUT2D eigenvalue weighted by Crippen LogP contribution is -2.28. The standard InChI is InChI=1S/C15H17N3O/c1-11-16-14(10-15(19)17-11)18-8-6-12-4-2-3-5-13(12)7-9-18/h2-5,10H,6-9H2,1H3,(H,16,17,19). The Kier molecular flexibility index (Phi) is 3.07. The summed E-state index contributed by atoms with van der Waals surface area (Å²) in [6.45, 7) is 3.64. The first-order chi connectivity index (χ1) is 9.22. The van der Waals surface area contributed by atoms with Crippen LogP contribution < -0.4 is 10.5 Å². The molecule has 98 valence electrons. The molecular formula is C15H17N3O. The number of aromatic amines is 1. The smallest absolute Gasteiger partial charge is 0.252 e. The van der Waals surface area contributed by atoms with Gasteiger partial charge in [-0.2, -0.15) is 0 Å². The minimum absolute atomic E-state index is 0.0794. The van der Waals surface area contributed by atoms with Gasteiger partial charge in [0.1, 0.15) is 11.6 Å². The fourth-order valence-electron chi connectivity index (χ4n) is 2.62. The minimum Gasteiger partial charge on any atom is -0.356 e. The molecule has 0 spiro atoms. The minimum atomic E-state index is -0.0794. The molecule has 0 aliphatic carbocycles. The summed E-state index contributed by atoms with van der Waals surface area (Å²) in [5.41, 5.74) is 2.74. The molecule has 1 N–H and O–H groups in total. The van der Waals surface area contributed by atoms with Crippen molar-refractivity contribution in [3.63, 3.8) is 0 Å². The third-order valence-electron chi connectivity index (χ3n) is 3.59. The van der Waals surface area contributed by atoms with Crippen molar-refractivity contribution in [2.24, 2.45) is 0 Å². The molecule has 3 rings (SSSR count). The van der Waals surface area contributed by atoms with Gasteiger partial charge in [0.15, 0.2) is 0 Å². The Balaban J connectivity index is 1.87. The van der Waals surface area contributed by atoms with E-state index in [-0.39, 0.29) is 5.56 Å². The Labute approximate surface area is 112 Å². The maximum Gasteiger partial charge on any atom is 0.252 e. The fourth-order valence-corrected chi connectivity index (χ4v) is 2.62. The molecule has 0 amide bonds. The maximum absolute atomic E-state index is 11.5. The van der Waals surface area contributed by atoms with Gasteiger partial charge in [-0.15, -0.1) is 0 Å². The number of anilines is 1. The van der Waals surface area contributed by atoms with E-state index in [1.54, 1.807) is 6.07 Å². The topological polar surface area (TPSA) is 49.0 Å². The molecule has 0 fully saturated rings. The van der Waals surface area contributed by atoms with E-state index in [1.165, 1.54) is 11.1 Å². The molecule has 0 saturated heterocycles. The molecule has 0 atom stereocenters. The monoisotopic (exact) mass is 255 g/mol. The van der Waals surface area contributed by atoms with Crippen LogP contribution in [0.25, 0.3) is 0 Å². The number of aromatic nitrogens is 2. The molecule has 1 aromatic heterocycles. The molecule has 0 unspecified atom stereocenters. The van der Waals surface area contributed by atoms with Crippen LogP contribution in [0.15, 0.2) is 35.1 Å². The van der Waals surface area contributed by atoms with E-state index < -0.39 is 0 Å². The van der Waals surface area contributed by atoms with Gasteiger partial charge in [0, 0.05) is 19.2 Å². The van der Waals surface area contributed by atoms with E-state index in [4.69, 9.17) is 0 Å². The summed E-state index contributed by atoms with van der Waals surface area (Å²) in [4.78, 5) is 20.9. The first-order valence-corrected chi connectivity index (χ1v) is 6.62. The summed E-state index contributed by atoms with van der Waals surface area (Å²) in [5.74, 6) is 1.46. The lowest BCUT2D eigenvalue weighted by Gasteiger charge is -2.21. The van der Waals surface area contributed by atoms with E-state index in [0.29, 0.717) is 5.82 Å². The first kappa shape index (κ1) is 12.0. The van der Waals surface area contributed by atoms with Gasteiger partial charge in [0.05, 0.1) is 0 Å². The van der Waals surface area contributed by atoms with Crippen LogP contribution in [0.2, 0.25) is 0 Å². The van der Waals surface area contributed by atoms with Crippen LogP contribution in [-0.4, -0.2) is 23.1 Å². The zero-order chi connectivity index (χ0) is 13.2. The van der Waals surface area contributed by atoms with E-state index in [9.17, 15) is 4.79 Å². The molecule has 1 aliphatic heterocycles. The van der Waals surface area contributed by atoms with Gasteiger partial charge in [-0.05, 0) is 30.9 Å². The Hall–Kier alpha value is -2.10. The zero-order valence-electron chi connectivity index (χ0n) is 11.0. The van der Waals surface area contributed by atoms with E-state index in [2.05, 4.69) is 39.1 Å². The highest BCUT2D eigenvalue weighted by atomic mass is 16.1. The van der Waals surface area contributed by atoms with Crippen molar-refractivity contribution >= 4 is 5.82 Å². The van der Waals surface area contributed by atoms with Crippen LogP contribution in [0.3, 0.4) is 0 Å². The maximum atomic E-state index is 11.5. The van der Waals surface area contributed by atoms with Crippen LogP contribution in [0.1, 0.15) is 17.0 Å². The molecule has 1 aromatic carbocycles. The van der Waals surface area contributed by atoms with Crippen molar-refractivity contribution in [3.8, 4) is 0 Å². The third kappa shape index (κ3) is 2.52. The van der Waals surface area contributed by atoms with Gasteiger partial charge in [-0.25, -0.2) is 4.98 Å². The van der Waals surface area contributed by atoms with Crippen LogP contribution in [-0.2, 0) is 12.8 Å². The molecule has 0 radical (unpaired) electrons. The van der Waals surface area contributed by atoms with Gasteiger partial charge in [0.25, 0.3) is 5.56 Å². The lowest BCUT2D eigenvalue weighted by molar-refractivity contribution is 0.781. The summed E-state index contributed by atoms with van der Waals surface area (Å²) in [5, 5.41) is 0. The van der Waals surface area contributed by atoms with Gasteiger partial charge in [-0.3, -0.25) is 4.79 Å². The van der Waals surface area contributed by atoms with Crippen molar-refractivity contribution in [2.75, 3.05) is 18.0 Å². The van der Waals surface area contributed by atoms with Crippen LogP contribution in [0, 0.1) is 6.92 Å². The second kappa shape index (κ2) is 4.88. The number of hydrogen-bond donors (Lipinski definition) is 1. The van der Waals surface area contributed by atoms with Crippen LogP contribution in [0.4, 0.5) is 5.82 Å². The molecule has 0 saturated carbocycles. The van der Waals surface area contributed by atoms with E-state index in [0.717, 1.165) is 31.7 Å². The van der Waals surface area contributed by atoms with Crippen molar-refractivity contribution in [1.29, 1.82) is 0 Å². The number of H-pyrrole nitrogens is 1. The summed E-state index contributed by atoms with van der Waals surface area (Å²) in [7, 11) is 0.